The summed E-state index contributed by atoms with van der Waals surface area (Å²) in [5, 5.41) is 0. The number of ketones is 2. The molecule has 0 N–H and O–H groups in total. The van der Waals surface area contributed by atoms with E-state index in [0.29, 0.717) is 48.3 Å². The van der Waals surface area contributed by atoms with Crippen LogP contribution in [0.2, 0.25) is 0 Å². The lowest BCUT2D eigenvalue weighted by atomic mass is 9.83. The maximum atomic E-state index is 12.2. The molecule has 0 radical (unpaired) electrons. The van der Waals surface area contributed by atoms with Gasteiger partial charge in [-0.25, -0.2) is 0 Å². The number of allylic oxidation sites excluding steroid dienone is 3. The second kappa shape index (κ2) is 4.24. The van der Waals surface area contributed by atoms with Gasteiger partial charge in [0.15, 0.2) is 11.5 Å². The molecule has 0 saturated carbocycles. The molecule has 0 aromatic heterocycles. The van der Waals surface area contributed by atoms with E-state index in [4.69, 9.17) is 4.74 Å². The zero-order valence-corrected chi connectivity index (χ0v) is 9.76. The number of hydrogen-bond acceptors (Lipinski definition) is 3. The summed E-state index contributed by atoms with van der Waals surface area (Å²) in [6, 6.07) is 0. The first kappa shape index (κ1) is 11.1. The second-order valence-electron chi connectivity index (χ2n) is 4.08. The zero-order chi connectivity index (χ0) is 11.7. The molecule has 0 atom stereocenters. The normalized spacial score (nSPS) is 21.1. The molecule has 0 bridgehead atoms. The van der Waals surface area contributed by atoms with Crippen LogP contribution in [0.1, 0.15) is 39.5 Å². The Bertz CT molecular complexity index is 357. The number of carbonyl (C=O) groups is 2. The van der Waals surface area contributed by atoms with Crippen molar-refractivity contribution in [1.82, 2.24) is 0 Å². The first-order chi connectivity index (χ1) is 7.70. The van der Waals surface area contributed by atoms with Crippen molar-refractivity contribution in [2.75, 3.05) is 6.61 Å². The van der Waals surface area contributed by atoms with Crippen molar-refractivity contribution >= 4 is 11.6 Å². The summed E-state index contributed by atoms with van der Waals surface area (Å²) in [4.78, 5) is 24.3. The van der Waals surface area contributed by atoms with Crippen molar-refractivity contribution in [3.8, 4) is 0 Å². The van der Waals surface area contributed by atoms with Crippen molar-refractivity contribution in [3.05, 3.63) is 22.5 Å². The Hall–Kier alpha value is -1.38. The topological polar surface area (TPSA) is 43.4 Å². The Morgan fingerprint density at radius 1 is 1.06 bits per heavy atom. The van der Waals surface area contributed by atoms with Gasteiger partial charge in [-0.1, -0.05) is 13.8 Å². The largest absolute Gasteiger partial charge is 0.489 e. The zero-order valence-electron chi connectivity index (χ0n) is 9.76. The molecule has 3 heteroatoms. The summed E-state index contributed by atoms with van der Waals surface area (Å²) >= 11 is 0. The summed E-state index contributed by atoms with van der Waals surface area (Å²) in [6.45, 7) is 4.38. The smallest absolute Gasteiger partial charge is 0.224 e. The Labute approximate surface area is 95.2 Å². The molecule has 0 unspecified atom stereocenters. The summed E-state index contributed by atoms with van der Waals surface area (Å²) in [5.41, 5.74) is 1.94. The van der Waals surface area contributed by atoms with E-state index < -0.39 is 0 Å². The molecule has 0 spiro atoms. The van der Waals surface area contributed by atoms with E-state index >= 15 is 0 Å². The molecule has 16 heavy (non-hydrogen) atoms. The fraction of sp³-hybridized carbons (Fsp3) is 0.538. The van der Waals surface area contributed by atoms with Gasteiger partial charge in [0.05, 0.1) is 6.61 Å². The van der Waals surface area contributed by atoms with Crippen LogP contribution in [-0.4, -0.2) is 18.2 Å². The Kier molecular flexibility index (Phi) is 2.95. The molecule has 0 saturated heterocycles. The maximum absolute atomic E-state index is 12.2. The molecule has 0 aromatic carbocycles. The highest BCUT2D eigenvalue weighted by Gasteiger charge is 2.35. The van der Waals surface area contributed by atoms with Crippen LogP contribution in [0.3, 0.4) is 0 Å². The lowest BCUT2D eigenvalue weighted by Crippen LogP contribution is -2.28. The average molecular weight is 220 g/mol. The average Bonchev–Trinajstić information content (AvgIpc) is 2.33. The molecular formula is C13H16O3. The van der Waals surface area contributed by atoms with E-state index in [9.17, 15) is 9.59 Å². The van der Waals surface area contributed by atoms with Crippen LogP contribution >= 0.6 is 0 Å². The highest BCUT2D eigenvalue weighted by Crippen LogP contribution is 2.33. The minimum Gasteiger partial charge on any atom is -0.489 e. The number of carbonyl (C=O) groups excluding carboxylic acids is 2. The summed E-state index contributed by atoms with van der Waals surface area (Å²) in [7, 11) is 0. The van der Waals surface area contributed by atoms with Crippen LogP contribution in [0.5, 0.6) is 0 Å². The highest BCUT2D eigenvalue weighted by molar-refractivity contribution is 6.24. The van der Waals surface area contributed by atoms with E-state index in [-0.39, 0.29) is 11.6 Å². The molecule has 1 aliphatic heterocycles. The predicted molar refractivity (Wildman–Crippen MR) is 59.8 cm³/mol. The van der Waals surface area contributed by atoms with Gasteiger partial charge in [-0.15, -0.1) is 0 Å². The lowest BCUT2D eigenvalue weighted by Gasteiger charge is -2.26. The lowest BCUT2D eigenvalue weighted by molar-refractivity contribution is -0.120. The molecule has 0 fully saturated rings. The van der Waals surface area contributed by atoms with E-state index in [1.807, 2.05) is 13.8 Å². The van der Waals surface area contributed by atoms with Crippen molar-refractivity contribution in [2.45, 2.75) is 39.5 Å². The quantitative estimate of drug-likeness (QED) is 0.671. The predicted octanol–water partition coefficient (Wildman–Crippen LogP) is 2.32. The van der Waals surface area contributed by atoms with Crippen LogP contribution < -0.4 is 0 Å². The monoisotopic (exact) mass is 220 g/mol. The van der Waals surface area contributed by atoms with E-state index in [1.165, 1.54) is 0 Å². The number of Topliss-reactive ketones (excluding diaryl/α,β-unsaturated/α-hetero) is 2. The Morgan fingerprint density at radius 2 is 1.69 bits per heavy atom. The molecule has 3 nitrogen and oxygen atoms in total. The van der Waals surface area contributed by atoms with Crippen molar-refractivity contribution < 1.29 is 14.3 Å². The molecule has 1 aliphatic carbocycles. The van der Waals surface area contributed by atoms with Crippen molar-refractivity contribution in [2.24, 2.45) is 0 Å². The van der Waals surface area contributed by atoms with Crippen LogP contribution in [0.25, 0.3) is 0 Å². The van der Waals surface area contributed by atoms with E-state index in [1.54, 1.807) is 0 Å². The van der Waals surface area contributed by atoms with E-state index in [0.717, 1.165) is 6.42 Å². The van der Waals surface area contributed by atoms with Crippen molar-refractivity contribution in [1.29, 1.82) is 0 Å². The van der Waals surface area contributed by atoms with Gasteiger partial charge in [0.2, 0.25) is 5.78 Å². The van der Waals surface area contributed by atoms with Gasteiger partial charge in [0.1, 0.15) is 0 Å². The first-order valence-electron chi connectivity index (χ1n) is 5.88. The SMILES string of the molecule is CCC1=C(CC)C(=O)C2=C(CCCO2)C1=O. The third kappa shape index (κ3) is 1.51. The first-order valence-corrected chi connectivity index (χ1v) is 5.88. The second-order valence-corrected chi connectivity index (χ2v) is 4.08. The minimum atomic E-state index is -0.0614. The maximum Gasteiger partial charge on any atom is 0.224 e. The van der Waals surface area contributed by atoms with Crippen molar-refractivity contribution in [3.63, 3.8) is 0 Å². The van der Waals surface area contributed by atoms with Gasteiger partial charge in [-0.2, -0.15) is 0 Å². The summed E-state index contributed by atoms with van der Waals surface area (Å²) in [6.07, 6.45) is 2.75. The van der Waals surface area contributed by atoms with E-state index in [2.05, 4.69) is 0 Å². The number of hydrogen-bond donors (Lipinski definition) is 0. The highest BCUT2D eigenvalue weighted by atomic mass is 16.5. The molecule has 0 aromatic rings. The van der Waals surface area contributed by atoms with Gasteiger partial charge >= 0.3 is 0 Å². The fourth-order valence-corrected chi connectivity index (χ4v) is 2.38. The fourth-order valence-electron chi connectivity index (χ4n) is 2.38. The van der Waals surface area contributed by atoms with Crippen LogP contribution in [0.15, 0.2) is 22.5 Å². The number of rotatable bonds is 2. The number of ether oxygens (including phenoxy) is 1. The molecule has 2 rings (SSSR count). The van der Waals surface area contributed by atoms with Gasteiger partial charge in [0, 0.05) is 16.7 Å². The third-order valence-corrected chi connectivity index (χ3v) is 3.19. The molecule has 86 valence electrons. The Morgan fingerprint density at radius 3 is 2.31 bits per heavy atom. The standard InChI is InChI=1S/C13H16O3/c1-3-8-9(4-2)12(15)13-10(11(8)14)6-5-7-16-13/h3-7H2,1-2H3. The van der Waals surface area contributed by atoms with Crippen LogP contribution in [-0.2, 0) is 14.3 Å². The molecular weight excluding hydrogens is 204 g/mol. The third-order valence-electron chi connectivity index (χ3n) is 3.19. The molecule has 2 aliphatic rings. The van der Waals surface area contributed by atoms with Crippen LogP contribution in [0, 0.1) is 0 Å². The Balaban J connectivity index is 2.49. The summed E-state index contributed by atoms with van der Waals surface area (Å²) < 4.78 is 5.36. The minimum absolute atomic E-state index is 0.0358. The van der Waals surface area contributed by atoms with Crippen LogP contribution in [0.4, 0.5) is 0 Å². The molecule has 1 heterocycles. The van der Waals surface area contributed by atoms with Gasteiger partial charge in [0.25, 0.3) is 0 Å². The van der Waals surface area contributed by atoms with Gasteiger partial charge in [-0.05, 0) is 25.7 Å². The summed E-state index contributed by atoms with van der Waals surface area (Å²) in [5.74, 6) is 0.299. The molecule has 0 amide bonds. The van der Waals surface area contributed by atoms with Gasteiger partial charge < -0.3 is 4.74 Å². The van der Waals surface area contributed by atoms with Gasteiger partial charge in [-0.3, -0.25) is 9.59 Å².